The molecule has 1 unspecified atom stereocenters. The largest absolute Gasteiger partial charge is 0.368 e. The second kappa shape index (κ2) is 5.72. The Kier molecular flexibility index (Phi) is 4.56. The highest BCUT2D eigenvalue weighted by molar-refractivity contribution is 6.30. The van der Waals surface area contributed by atoms with Crippen molar-refractivity contribution in [3.8, 4) is 11.8 Å². The van der Waals surface area contributed by atoms with E-state index in [1.54, 1.807) is 32.0 Å². The third kappa shape index (κ3) is 3.23. The van der Waals surface area contributed by atoms with E-state index in [1.165, 1.54) is 0 Å². The van der Waals surface area contributed by atoms with Gasteiger partial charge < -0.3 is 5.73 Å². The molecule has 3 N–H and O–H groups in total. The first-order valence-electron chi connectivity index (χ1n) is 5.21. The molecule has 3 nitrogen and oxygen atoms in total. The van der Waals surface area contributed by atoms with Crippen LogP contribution in [0.15, 0.2) is 24.3 Å². The first kappa shape index (κ1) is 13.6. The van der Waals surface area contributed by atoms with Gasteiger partial charge in [0.1, 0.15) is 5.54 Å². The van der Waals surface area contributed by atoms with Gasteiger partial charge in [0.25, 0.3) is 0 Å². The van der Waals surface area contributed by atoms with E-state index in [0.29, 0.717) is 11.6 Å². The average Bonchev–Trinajstić information content (AvgIpc) is 2.29. The summed E-state index contributed by atoms with van der Waals surface area (Å²) in [5, 5.41) is 3.60. The molecule has 0 fully saturated rings. The first-order valence-corrected chi connectivity index (χ1v) is 5.59. The summed E-state index contributed by atoms with van der Waals surface area (Å²) in [4.78, 5) is 11.6. The molecule has 0 saturated heterocycles. The van der Waals surface area contributed by atoms with Crippen molar-refractivity contribution in [3.63, 3.8) is 0 Å². The summed E-state index contributed by atoms with van der Waals surface area (Å²) in [6.07, 6.45) is 0. The van der Waals surface area contributed by atoms with Gasteiger partial charge in [0.15, 0.2) is 0 Å². The van der Waals surface area contributed by atoms with Crippen molar-refractivity contribution < 1.29 is 4.79 Å². The van der Waals surface area contributed by atoms with Gasteiger partial charge in [-0.1, -0.05) is 29.7 Å². The summed E-state index contributed by atoms with van der Waals surface area (Å²) >= 11 is 5.91. The number of hydrogen-bond acceptors (Lipinski definition) is 2. The molecule has 0 heterocycles. The topological polar surface area (TPSA) is 55.1 Å². The van der Waals surface area contributed by atoms with E-state index in [2.05, 4.69) is 17.2 Å². The second-order valence-electron chi connectivity index (χ2n) is 3.78. The number of nitrogens with one attached hydrogen (secondary N) is 1. The third-order valence-corrected chi connectivity index (χ3v) is 2.84. The van der Waals surface area contributed by atoms with Crippen LogP contribution in [0.2, 0.25) is 5.02 Å². The number of carbonyl (C=O) groups excluding carboxylic acids is 1. The number of hydrogen-bond donors (Lipinski definition) is 2. The molecular weight excluding hydrogens is 236 g/mol. The van der Waals surface area contributed by atoms with Gasteiger partial charge in [-0.3, -0.25) is 10.1 Å². The first-order chi connectivity index (χ1) is 8.00. The predicted octanol–water partition coefficient (Wildman–Crippen LogP) is 1.65. The van der Waals surface area contributed by atoms with E-state index < -0.39 is 11.4 Å². The number of carbonyl (C=O) groups is 1. The fourth-order valence-corrected chi connectivity index (χ4v) is 1.63. The summed E-state index contributed by atoms with van der Waals surface area (Å²) in [6.45, 7) is 3.85. The maximum absolute atomic E-state index is 11.6. The van der Waals surface area contributed by atoms with Gasteiger partial charge in [-0.2, -0.15) is 0 Å². The van der Waals surface area contributed by atoms with Crippen LogP contribution >= 0.6 is 11.6 Å². The SMILES string of the molecule is CC#CCNC(C)(C(N)=O)c1cccc(Cl)c1. The van der Waals surface area contributed by atoms with Crippen LogP contribution in [0.25, 0.3) is 0 Å². The highest BCUT2D eigenvalue weighted by atomic mass is 35.5. The summed E-state index contributed by atoms with van der Waals surface area (Å²) in [7, 11) is 0. The molecular formula is C13H15ClN2O. The number of amides is 1. The molecule has 0 radical (unpaired) electrons. The molecule has 0 saturated carbocycles. The molecule has 17 heavy (non-hydrogen) atoms. The van der Waals surface area contributed by atoms with Crippen LogP contribution in [0, 0.1) is 11.8 Å². The third-order valence-electron chi connectivity index (χ3n) is 2.60. The molecule has 0 bridgehead atoms. The maximum Gasteiger partial charge on any atom is 0.242 e. The lowest BCUT2D eigenvalue weighted by atomic mass is 9.91. The molecule has 1 aromatic carbocycles. The number of rotatable bonds is 4. The summed E-state index contributed by atoms with van der Waals surface area (Å²) < 4.78 is 0. The monoisotopic (exact) mass is 250 g/mol. The standard InChI is InChI=1S/C13H15ClN2O/c1-3-4-8-16-13(2,12(15)17)10-6-5-7-11(14)9-10/h5-7,9,16H,8H2,1-2H3,(H2,15,17). The van der Waals surface area contributed by atoms with Crippen molar-refractivity contribution >= 4 is 17.5 Å². The Hall–Kier alpha value is -1.50. The minimum absolute atomic E-state index is 0.391. The van der Waals surface area contributed by atoms with Crippen molar-refractivity contribution in [2.75, 3.05) is 6.54 Å². The van der Waals surface area contributed by atoms with Crippen LogP contribution in [0.1, 0.15) is 19.4 Å². The normalized spacial score (nSPS) is 13.4. The minimum Gasteiger partial charge on any atom is -0.368 e. The summed E-state index contributed by atoms with van der Waals surface area (Å²) in [6, 6.07) is 7.06. The molecule has 1 aromatic rings. The lowest BCUT2D eigenvalue weighted by molar-refractivity contribution is -0.124. The Bertz CT molecular complexity index is 476. The molecule has 4 heteroatoms. The van der Waals surface area contributed by atoms with Gasteiger partial charge in [0.2, 0.25) is 5.91 Å². The van der Waals surface area contributed by atoms with Gasteiger partial charge in [0, 0.05) is 5.02 Å². The quantitative estimate of drug-likeness (QED) is 0.799. The number of primary amides is 1. The molecule has 1 atom stereocenters. The summed E-state index contributed by atoms with van der Waals surface area (Å²) in [5.74, 6) is 5.13. The lowest BCUT2D eigenvalue weighted by Crippen LogP contribution is -2.50. The second-order valence-corrected chi connectivity index (χ2v) is 4.22. The van der Waals surface area contributed by atoms with E-state index >= 15 is 0 Å². The number of nitrogens with two attached hydrogens (primary N) is 1. The molecule has 0 aromatic heterocycles. The van der Waals surface area contributed by atoms with E-state index in [4.69, 9.17) is 17.3 Å². The van der Waals surface area contributed by atoms with Crippen molar-refractivity contribution in [1.82, 2.24) is 5.32 Å². The van der Waals surface area contributed by atoms with E-state index in [-0.39, 0.29) is 0 Å². The highest BCUT2D eigenvalue weighted by Gasteiger charge is 2.32. The van der Waals surface area contributed by atoms with Gasteiger partial charge in [-0.25, -0.2) is 0 Å². The molecule has 0 spiro atoms. The van der Waals surface area contributed by atoms with Gasteiger partial charge in [-0.15, -0.1) is 5.92 Å². The van der Waals surface area contributed by atoms with Crippen molar-refractivity contribution in [1.29, 1.82) is 0 Å². The zero-order valence-electron chi connectivity index (χ0n) is 9.88. The van der Waals surface area contributed by atoms with Crippen LogP contribution < -0.4 is 11.1 Å². The zero-order valence-corrected chi connectivity index (χ0v) is 10.6. The minimum atomic E-state index is -0.964. The Morgan fingerprint density at radius 3 is 2.82 bits per heavy atom. The fourth-order valence-electron chi connectivity index (χ4n) is 1.44. The summed E-state index contributed by atoms with van der Waals surface area (Å²) in [5.41, 5.74) is 5.21. The zero-order chi connectivity index (χ0) is 12.9. The highest BCUT2D eigenvalue weighted by Crippen LogP contribution is 2.23. The fraction of sp³-hybridized carbons (Fsp3) is 0.308. The van der Waals surface area contributed by atoms with Gasteiger partial charge >= 0.3 is 0 Å². The number of benzene rings is 1. The Labute approximate surface area is 106 Å². The Morgan fingerprint density at radius 1 is 1.59 bits per heavy atom. The van der Waals surface area contributed by atoms with Crippen molar-refractivity contribution in [2.45, 2.75) is 19.4 Å². The Morgan fingerprint density at radius 2 is 2.29 bits per heavy atom. The average molecular weight is 251 g/mol. The molecule has 0 aliphatic carbocycles. The predicted molar refractivity (Wildman–Crippen MR) is 69.5 cm³/mol. The van der Waals surface area contributed by atoms with Crippen molar-refractivity contribution in [3.05, 3.63) is 34.9 Å². The van der Waals surface area contributed by atoms with E-state index in [9.17, 15) is 4.79 Å². The molecule has 0 aliphatic rings. The van der Waals surface area contributed by atoms with Crippen LogP contribution in [-0.2, 0) is 10.3 Å². The van der Waals surface area contributed by atoms with Crippen LogP contribution in [0.5, 0.6) is 0 Å². The molecule has 90 valence electrons. The number of halogens is 1. The maximum atomic E-state index is 11.6. The Balaban J connectivity index is 3.05. The van der Waals surface area contributed by atoms with Crippen LogP contribution in [-0.4, -0.2) is 12.5 Å². The van der Waals surface area contributed by atoms with Crippen molar-refractivity contribution in [2.24, 2.45) is 5.73 Å². The molecule has 1 amide bonds. The van der Waals surface area contributed by atoms with E-state index in [0.717, 1.165) is 5.56 Å². The molecule has 0 aliphatic heterocycles. The van der Waals surface area contributed by atoms with Crippen LogP contribution in [0.3, 0.4) is 0 Å². The van der Waals surface area contributed by atoms with E-state index in [1.807, 2.05) is 6.07 Å². The van der Waals surface area contributed by atoms with Gasteiger partial charge in [-0.05, 0) is 31.5 Å². The van der Waals surface area contributed by atoms with Gasteiger partial charge in [0.05, 0.1) is 6.54 Å². The smallest absolute Gasteiger partial charge is 0.242 e. The molecule has 1 rings (SSSR count). The van der Waals surface area contributed by atoms with Crippen LogP contribution in [0.4, 0.5) is 0 Å². The lowest BCUT2D eigenvalue weighted by Gasteiger charge is -2.27.